The summed E-state index contributed by atoms with van der Waals surface area (Å²) < 4.78 is 0. The van der Waals surface area contributed by atoms with E-state index in [-0.39, 0.29) is 11.9 Å². The fourth-order valence-electron chi connectivity index (χ4n) is 2.16. The topological polar surface area (TPSA) is 29.1 Å². The number of amides is 1. The average molecular weight is 346 g/mol. The standard InChI is InChI=1S/C19H20ClNOS/c1-15(17-11-5-6-12-18(17)20)21-19(22)14-23-13-7-10-16-8-3-2-4-9-16/h2-12,15H,13-14H2,1H3,(H,21,22)/b10-7+/t15-/m1/s1. The number of benzene rings is 2. The SMILES string of the molecule is C[C@@H](NC(=O)CSC/C=C/c1ccccc1)c1ccccc1Cl. The first-order valence-corrected chi connectivity index (χ1v) is 9.03. The van der Waals surface area contributed by atoms with Crippen molar-refractivity contribution in [3.8, 4) is 0 Å². The maximum absolute atomic E-state index is 12.0. The van der Waals surface area contributed by atoms with Crippen LogP contribution in [-0.2, 0) is 4.79 Å². The second-order valence-electron chi connectivity index (χ2n) is 5.14. The van der Waals surface area contributed by atoms with Gasteiger partial charge in [-0.2, -0.15) is 0 Å². The molecule has 0 radical (unpaired) electrons. The summed E-state index contributed by atoms with van der Waals surface area (Å²) in [7, 11) is 0. The number of hydrogen-bond acceptors (Lipinski definition) is 2. The molecule has 0 unspecified atom stereocenters. The van der Waals surface area contributed by atoms with Gasteiger partial charge >= 0.3 is 0 Å². The van der Waals surface area contributed by atoms with E-state index in [1.165, 1.54) is 5.56 Å². The van der Waals surface area contributed by atoms with Crippen molar-refractivity contribution in [2.45, 2.75) is 13.0 Å². The average Bonchev–Trinajstić information content (AvgIpc) is 2.56. The summed E-state index contributed by atoms with van der Waals surface area (Å²) >= 11 is 7.73. The van der Waals surface area contributed by atoms with Gasteiger partial charge < -0.3 is 5.32 Å². The van der Waals surface area contributed by atoms with E-state index in [4.69, 9.17) is 11.6 Å². The van der Waals surface area contributed by atoms with Crippen molar-refractivity contribution in [3.05, 3.63) is 76.8 Å². The minimum atomic E-state index is -0.0864. The van der Waals surface area contributed by atoms with Gasteiger partial charge in [0.25, 0.3) is 0 Å². The van der Waals surface area contributed by atoms with Gasteiger partial charge in [-0.15, -0.1) is 11.8 Å². The van der Waals surface area contributed by atoms with Gasteiger partial charge in [0.1, 0.15) is 0 Å². The summed E-state index contributed by atoms with van der Waals surface area (Å²) in [6.45, 7) is 1.94. The second kappa shape index (κ2) is 9.43. The molecule has 0 aliphatic carbocycles. The Morgan fingerprint density at radius 1 is 1.17 bits per heavy atom. The number of halogens is 1. The van der Waals surface area contributed by atoms with E-state index in [0.29, 0.717) is 10.8 Å². The zero-order chi connectivity index (χ0) is 16.5. The second-order valence-corrected chi connectivity index (χ2v) is 6.58. The number of thioether (sulfide) groups is 1. The van der Waals surface area contributed by atoms with Gasteiger partial charge in [0.2, 0.25) is 5.91 Å². The Morgan fingerprint density at radius 2 is 1.87 bits per heavy atom. The largest absolute Gasteiger partial charge is 0.349 e. The molecule has 0 saturated heterocycles. The Bertz CT molecular complexity index is 657. The summed E-state index contributed by atoms with van der Waals surface area (Å²) in [5, 5.41) is 3.66. The van der Waals surface area contributed by atoms with Crippen LogP contribution in [0.15, 0.2) is 60.7 Å². The molecule has 0 aromatic heterocycles. The lowest BCUT2D eigenvalue weighted by atomic mass is 10.1. The van der Waals surface area contributed by atoms with Crippen molar-refractivity contribution in [2.75, 3.05) is 11.5 Å². The van der Waals surface area contributed by atoms with E-state index in [2.05, 4.69) is 29.6 Å². The molecular weight excluding hydrogens is 326 g/mol. The van der Waals surface area contributed by atoms with Gasteiger partial charge in [-0.1, -0.05) is 72.3 Å². The molecule has 0 aliphatic rings. The normalized spacial score (nSPS) is 12.3. The monoisotopic (exact) mass is 345 g/mol. The van der Waals surface area contributed by atoms with E-state index >= 15 is 0 Å². The molecule has 2 nitrogen and oxygen atoms in total. The first kappa shape index (κ1) is 17.6. The third kappa shape index (κ3) is 6.12. The maximum Gasteiger partial charge on any atom is 0.230 e. The molecule has 0 heterocycles. The molecule has 1 amide bonds. The lowest BCUT2D eigenvalue weighted by molar-refractivity contribution is -0.119. The van der Waals surface area contributed by atoms with Crippen molar-refractivity contribution in [1.82, 2.24) is 5.32 Å². The molecule has 0 spiro atoms. The highest BCUT2D eigenvalue weighted by Crippen LogP contribution is 2.22. The number of carbonyl (C=O) groups excluding carboxylic acids is 1. The van der Waals surface area contributed by atoms with Crippen LogP contribution in [0.4, 0.5) is 0 Å². The summed E-state index contributed by atoms with van der Waals surface area (Å²) in [5.41, 5.74) is 2.11. The van der Waals surface area contributed by atoms with Gasteiger partial charge in [-0.3, -0.25) is 4.79 Å². The number of rotatable bonds is 7. The van der Waals surface area contributed by atoms with E-state index in [1.54, 1.807) is 11.8 Å². The number of carbonyl (C=O) groups is 1. The molecule has 0 saturated carbocycles. The summed E-state index contributed by atoms with van der Waals surface area (Å²) in [6, 6.07) is 17.6. The van der Waals surface area contributed by atoms with Crippen LogP contribution in [0, 0.1) is 0 Å². The third-order valence-corrected chi connectivity index (χ3v) is 4.55. The van der Waals surface area contributed by atoms with Gasteiger partial charge in [0.15, 0.2) is 0 Å². The third-order valence-electron chi connectivity index (χ3n) is 3.31. The van der Waals surface area contributed by atoms with Crippen LogP contribution in [-0.4, -0.2) is 17.4 Å². The van der Waals surface area contributed by atoms with Crippen molar-refractivity contribution in [3.63, 3.8) is 0 Å². The van der Waals surface area contributed by atoms with Gasteiger partial charge in [0.05, 0.1) is 11.8 Å². The van der Waals surface area contributed by atoms with E-state index < -0.39 is 0 Å². The molecule has 120 valence electrons. The summed E-state index contributed by atoms with van der Waals surface area (Å²) in [4.78, 5) is 12.0. The van der Waals surface area contributed by atoms with Crippen molar-refractivity contribution in [1.29, 1.82) is 0 Å². The van der Waals surface area contributed by atoms with Crippen molar-refractivity contribution >= 4 is 35.3 Å². The van der Waals surface area contributed by atoms with E-state index in [1.807, 2.05) is 49.4 Å². The molecule has 1 N–H and O–H groups in total. The Hall–Kier alpha value is -1.71. The van der Waals surface area contributed by atoms with Crippen LogP contribution in [0.25, 0.3) is 6.08 Å². The molecule has 0 fully saturated rings. The maximum atomic E-state index is 12.0. The van der Waals surface area contributed by atoms with Crippen LogP contribution in [0.3, 0.4) is 0 Å². The number of hydrogen-bond donors (Lipinski definition) is 1. The predicted octanol–water partition coefficient (Wildman–Crippen LogP) is 4.96. The lowest BCUT2D eigenvalue weighted by Crippen LogP contribution is -2.28. The highest BCUT2D eigenvalue weighted by atomic mass is 35.5. The Labute approximate surface area is 146 Å². The van der Waals surface area contributed by atoms with E-state index in [0.717, 1.165) is 11.3 Å². The highest BCUT2D eigenvalue weighted by molar-refractivity contribution is 8.00. The summed E-state index contributed by atoms with van der Waals surface area (Å²) in [5.74, 6) is 1.27. The minimum Gasteiger partial charge on any atom is -0.349 e. The fraction of sp³-hybridized carbons (Fsp3) is 0.211. The molecule has 2 aromatic rings. The van der Waals surface area contributed by atoms with Crippen molar-refractivity contribution in [2.24, 2.45) is 0 Å². The Kier molecular flexibility index (Phi) is 7.24. The molecule has 0 aliphatic heterocycles. The zero-order valence-corrected chi connectivity index (χ0v) is 14.6. The smallest absolute Gasteiger partial charge is 0.230 e. The highest BCUT2D eigenvalue weighted by Gasteiger charge is 2.11. The molecule has 0 bridgehead atoms. The van der Waals surface area contributed by atoms with Gasteiger partial charge in [-0.25, -0.2) is 0 Å². The molecule has 1 atom stereocenters. The number of nitrogens with one attached hydrogen (secondary N) is 1. The molecular formula is C19H20ClNOS. The first-order chi connectivity index (χ1) is 11.2. The van der Waals surface area contributed by atoms with Gasteiger partial charge in [0, 0.05) is 10.8 Å². The fourth-order valence-corrected chi connectivity index (χ4v) is 3.07. The van der Waals surface area contributed by atoms with E-state index in [9.17, 15) is 4.79 Å². The minimum absolute atomic E-state index is 0.0236. The van der Waals surface area contributed by atoms with Crippen LogP contribution in [0.5, 0.6) is 0 Å². The summed E-state index contributed by atoms with van der Waals surface area (Å²) in [6.07, 6.45) is 4.14. The van der Waals surface area contributed by atoms with Crippen molar-refractivity contribution < 1.29 is 4.79 Å². The Balaban J connectivity index is 1.71. The quantitative estimate of drug-likeness (QED) is 0.718. The van der Waals surface area contributed by atoms with Crippen LogP contribution < -0.4 is 5.32 Å². The molecule has 23 heavy (non-hydrogen) atoms. The molecule has 2 rings (SSSR count). The van der Waals surface area contributed by atoms with Crippen LogP contribution >= 0.6 is 23.4 Å². The molecule has 4 heteroatoms. The Morgan fingerprint density at radius 3 is 2.61 bits per heavy atom. The van der Waals surface area contributed by atoms with Crippen LogP contribution in [0.1, 0.15) is 24.1 Å². The van der Waals surface area contributed by atoms with Gasteiger partial charge in [-0.05, 0) is 24.1 Å². The predicted molar refractivity (Wildman–Crippen MR) is 101 cm³/mol. The zero-order valence-electron chi connectivity index (χ0n) is 13.0. The lowest BCUT2D eigenvalue weighted by Gasteiger charge is -2.15. The first-order valence-electron chi connectivity index (χ1n) is 7.50. The molecule has 2 aromatic carbocycles. The van der Waals surface area contributed by atoms with Crippen LogP contribution in [0.2, 0.25) is 5.02 Å².